The summed E-state index contributed by atoms with van der Waals surface area (Å²) >= 11 is 0. The number of piperidine rings is 1. The van der Waals surface area contributed by atoms with E-state index in [2.05, 4.69) is 23.5 Å². The molecule has 0 saturated carbocycles. The van der Waals surface area contributed by atoms with Crippen LogP contribution in [-0.4, -0.2) is 56.3 Å². The largest absolute Gasteiger partial charge is 0.338 e. The Balaban J connectivity index is 1.65. The number of likely N-dealkylation sites (tertiary alicyclic amines) is 1. The Hall–Kier alpha value is -1.44. The van der Waals surface area contributed by atoms with Crippen molar-refractivity contribution in [3.05, 3.63) is 29.3 Å². The highest BCUT2D eigenvalue weighted by atomic mass is 32.2. The van der Waals surface area contributed by atoms with Gasteiger partial charge in [-0.1, -0.05) is 13.0 Å². The van der Waals surface area contributed by atoms with Crippen LogP contribution in [0.25, 0.3) is 0 Å². The molecule has 6 nitrogen and oxygen atoms in total. The maximum atomic E-state index is 12.8. The average Bonchev–Trinajstić information content (AvgIpc) is 2.65. The third-order valence-electron chi connectivity index (χ3n) is 5.96. The first-order valence-electron chi connectivity index (χ1n) is 9.87. The lowest BCUT2D eigenvalue weighted by molar-refractivity contribution is -0.129. The predicted molar refractivity (Wildman–Crippen MR) is 106 cm³/mol. The summed E-state index contributed by atoms with van der Waals surface area (Å²) < 4.78 is 28.3. The van der Waals surface area contributed by atoms with Crippen molar-refractivity contribution < 1.29 is 13.2 Å². The first-order valence-corrected chi connectivity index (χ1v) is 11.4. The van der Waals surface area contributed by atoms with Crippen molar-refractivity contribution in [2.75, 3.05) is 26.2 Å². The number of amides is 1. The van der Waals surface area contributed by atoms with Crippen molar-refractivity contribution in [3.8, 4) is 0 Å². The monoisotopic (exact) mass is 393 g/mol. The molecule has 1 atom stereocenters. The van der Waals surface area contributed by atoms with Crippen LogP contribution in [0.4, 0.5) is 0 Å². The van der Waals surface area contributed by atoms with Gasteiger partial charge in [-0.25, -0.2) is 13.1 Å². The number of sulfonamides is 1. The molecule has 1 N–H and O–H groups in total. The van der Waals surface area contributed by atoms with Crippen molar-refractivity contribution in [2.24, 2.45) is 5.92 Å². The van der Waals surface area contributed by atoms with Crippen LogP contribution in [0, 0.1) is 5.92 Å². The lowest BCUT2D eigenvalue weighted by Gasteiger charge is -2.35. The second kappa shape index (κ2) is 8.29. The molecule has 27 heavy (non-hydrogen) atoms. The van der Waals surface area contributed by atoms with E-state index in [1.54, 1.807) is 24.0 Å². The van der Waals surface area contributed by atoms with Gasteiger partial charge in [-0.2, -0.15) is 0 Å². The number of carbonyl (C=O) groups is 1. The summed E-state index contributed by atoms with van der Waals surface area (Å²) in [6.07, 6.45) is 3.12. The number of carbonyl (C=O) groups excluding carboxylic acids is 1. The SMILES string of the molecule is CC(=O)N1CCc2ccc(S(=O)(=O)NCC(C)N3CCC(C)CC3)cc2C1. The molecule has 1 unspecified atom stereocenters. The van der Waals surface area contributed by atoms with Gasteiger partial charge in [0.1, 0.15) is 0 Å². The van der Waals surface area contributed by atoms with E-state index in [9.17, 15) is 13.2 Å². The van der Waals surface area contributed by atoms with Crippen molar-refractivity contribution in [1.82, 2.24) is 14.5 Å². The summed E-state index contributed by atoms with van der Waals surface area (Å²) in [5.74, 6) is 0.784. The molecule has 2 aliphatic heterocycles. The van der Waals surface area contributed by atoms with Gasteiger partial charge in [0.15, 0.2) is 0 Å². The van der Waals surface area contributed by atoms with Crippen LogP contribution in [-0.2, 0) is 27.8 Å². The van der Waals surface area contributed by atoms with Gasteiger partial charge in [-0.05, 0) is 68.5 Å². The Morgan fingerprint density at radius 3 is 2.59 bits per heavy atom. The molecule has 0 bridgehead atoms. The zero-order valence-corrected chi connectivity index (χ0v) is 17.4. The summed E-state index contributed by atoms with van der Waals surface area (Å²) in [6.45, 7) is 9.55. The molecular weight excluding hydrogens is 362 g/mol. The van der Waals surface area contributed by atoms with E-state index in [4.69, 9.17) is 0 Å². The van der Waals surface area contributed by atoms with Gasteiger partial charge >= 0.3 is 0 Å². The van der Waals surface area contributed by atoms with Crippen molar-refractivity contribution >= 4 is 15.9 Å². The van der Waals surface area contributed by atoms with Gasteiger partial charge < -0.3 is 4.90 Å². The molecule has 1 fully saturated rings. The number of nitrogens with one attached hydrogen (secondary N) is 1. The van der Waals surface area contributed by atoms with Gasteiger partial charge in [0.25, 0.3) is 0 Å². The number of hydrogen-bond acceptors (Lipinski definition) is 4. The van der Waals surface area contributed by atoms with Crippen LogP contribution in [0.5, 0.6) is 0 Å². The van der Waals surface area contributed by atoms with Gasteiger partial charge in [0.2, 0.25) is 15.9 Å². The molecule has 150 valence electrons. The maximum absolute atomic E-state index is 12.8. The number of fused-ring (bicyclic) bond motifs is 1. The van der Waals surface area contributed by atoms with Gasteiger partial charge in [0.05, 0.1) is 4.90 Å². The molecule has 1 amide bonds. The molecule has 1 aromatic carbocycles. The molecular formula is C20H31N3O3S. The van der Waals surface area contributed by atoms with Crippen molar-refractivity contribution in [1.29, 1.82) is 0 Å². The Morgan fingerprint density at radius 1 is 1.22 bits per heavy atom. The number of rotatable bonds is 5. The molecule has 1 saturated heterocycles. The minimum atomic E-state index is -3.56. The number of benzene rings is 1. The molecule has 1 aromatic rings. The molecule has 2 aliphatic rings. The van der Waals surface area contributed by atoms with Crippen LogP contribution in [0.15, 0.2) is 23.1 Å². The lowest BCUT2D eigenvalue weighted by atomic mass is 9.98. The number of nitrogens with zero attached hydrogens (tertiary/aromatic N) is 2. The summed E-state index contributed by atoms with van der Waals surface area (Å²) in [5, 5.41) is 0. The Labute approximate surface area is 163 Å². The van der Waals surface area contributed by atoms with Crippen LogP contribution in [0.2, 0.25) is 0 Å². The minimum Gasteiger partial charge on any atom is -0.338 e. The zero-order chi connectivity index (χ0) is 19.6. The zero-order valence-electron chi connectivity index (χ0n) is 16.6. The second-order valence-corrected chi connectivity index (χ2v) is 9.81. The summed E-state index contributed by atoms with van der Waals surface area (Å²) in [5.41, 5.74) is 2.06. The number of hydrogen-bond donors (Lipinski definition) is 1. The van der Waals surface area contributed by atoms with Crippen molar-refractivity contribution in [3.63, 3.8) is 0 Å². The third kappa shape index (κ3) is 4.89. The molecule has 0 spiro atoms. The average molecular weight is 394 g/mol. The first kappa shape index (κ1) is 20.3. The van der Waals surface area contributed by atoms with E-state index in [1.807, 2.05) is 6.07 Å². The fourth-order valence-corrected chi connectivity index (χ4v) is 5.05. The quantitative estimate of drug-likeness (QED) is 0.831. The summed E-state index contributed by atoms with van der Waals surface area (Å²) in [7, 11) is -3.56. The minimum absolute atomic E-state index is 0.0247. The summed E-state index contributed by atoms with van der Waals surface area (Å²) in [6, 6.07) is 5.47. The van der Waals surface area contributed by atoms with E-state index in [0.717, 1.165) is 36.6 Å². The van der Waals surface area contributed by atoms with Crippen molar-refractivity contribution in [2.45, 2.75) is 57.5 Å². The third-order valence-corrected chi connectivity index (χ3v) is 7.38. The van der Waals surface area contributed by atoms with Gasteiger partial charge in [-0.15, -0.1) is 0 Å². The molecule has 3 rings (SSSR count). The molecule has 0 aliphatic carbocycles. The van der Waals surface area contributed by atoms with Crippen LogP contribution >= 0.6 is 0 Å². The van der Waals surface area contributed by atoms with E-state index in [0.29, 0.717) is 19.6 Å². The summed E-state index contributed by atoms with van der Waals surface area (Å²) in [4.78, 5) is 16.0. The molecule has 7 heteroatoms. The molecule has 2 heterocycles. The predicted octanol–water partition coefficient (Wildman–Crippen LogP) is 1.99. The standard InChI is InChI=1S/C20H31N3O3S/c1-15-6-9-22(10-7-15)16(2)13-21-27(25,26)20-5-4-18-8-11-23(17(3)24)14-19(18)12-20/h4-5,12,15-16,21H,6-11,13-14H2,1-3H3. The highest BCUT2D eigenvalue weighted by Crippen LogP contribution is 2.23. The fourth-order valence-electron chi connectivity index (χ4n) is 3.88. The Kier molecular flexibility index (Phi) is 6.23. The van der Waals surface area contributed by atoms with Crippen LogP contribution in [0.3, 0.4) is 0 Å². The smallest absolute Gasteiger partial charge is 0.240 e. The van der Waals surface area contributed by atoms with E-state index < -0.39 is 10.0 Å². The molecule has 0 aromatic heterocycles. The maximum Gasteiger partial charge on any atom is 0.240 e. The second-order valence-electron chi connectivity index (χ2n) is 8.04. The van der Waals surface area contributed by atoms with Gasteiger partial charge in [0, 0.05) is 32.6 Å². The van der Waals surface area contributed by atoms with E-state index in [-0.39, 0.29) is 16.8 Å². The van der Waals surface area contributed by atoms with Gasteiger partial charge in [-0.3, -0.25) is 9.69 Å². The Morgan fingerprint density at radius 2 is 1.93 bits per heavy atom. The fraction of sp³-hybridized carbons (Fsp3) is 0.650. The van der Waals surface area contributed by atoms with E-state index in [1.165, 1.54) is 12.8 Å². The highest BCUT2D eigenvalue weighted by molar-refractivity contribution is 7.89. The van der Waals surface area contributed by atoms with E-state index >= 15 is 0 Å². The normalized spacial score (nSPS) is 20.3. The first-order chi connectivity index (χ1) is 12.8. The highest BCUT2D eigenvalue weighted by Gasteiger charge is 2.24. The molecule has 0 radical (unpaired) electrons. The topological polar surface area (TPSA) is 69.7 Å². The Bertz CT molecular complexity index is 786. The van der Waals surface area contributed by atoms with Crippen LogP contribution in [0.1, 0.15) is 44.7 Å². The van der Waals surface area contributed by atoms with Crippen LogP contribution < -0.4 is 4.72 Å². The lowest BCUT2D eigenvalue weighted by Crippen LogP contribution is -2.45.